The molecule has 5 rings (SSSR count). The van der Waals surface area contributed by atoms with Gasteiger partial charge in [0, 0.05) is 26.2 Å². The summed E-state index contributed by atoms with van der Waals surface area (Å²) in [4.78, 5) is 31.4. The lowest BCUT2D eigenvalue weighted by molar-refractivity contribution is 0.0353. The minimum Gasteiger partial charge on any atom is -0.497 e. The van der Waals surface area contributed by atoms with Crippen molar-refractivity contribution in [1.29, 1.82) is 0 Å². The summed E-state index contributed by atoms with van der Waals surface area (Å²) in [6.07, 6.45) is 0.804. The van der Waals surface area contributed by atoms with E-state index in [-0.39, 0.29) is 17.1 Å². The van der Waals surface area contributed by atoms with E-state index < -0.39 is 6.04 Å². The van der Waals surface area contributed by atoms with Gasteiger partial charge in [-0.25, -0.2) is 0 Å². The van der Waals surface area contributed by atoms with Crippen LogP contribution in [-0.2, 0) is 4.74 Å². The first kappa shape index (κ1) is 22.6. The number of hydrogen-bond donors (Lipinski definition) is 0. The molecule has 0 bridgehead atoms. The van der Waals surface area contributed by atoms with Crippen LogP contribution in [0.25, 0.3) is 11.0 Å². The Morgan fingerprint density at radius 1 is 1.00 bits per heavy atom. The van der Waals surface area contributed by atoms with Crippen LogP contribution in [0.15, 0.2) is 45.6 Å². The van der Waals surface area contributed by atoms with Gasteiger partial charge in [0.15, 0.2) is 5.43 Å². The maximum Gasteiger partial charge on any atom is 0.290 e. The van der Waals surface area contributed by atoms with E-state index in [0.717, 1.165) is 61.7 Å². The largest absolute Gasteiger partial charge is 0.497 e. The Morgan fingerprint density at radius 2 is 1.71 bits per heavy atom. The standard InChI is InChI=1S/C27H30N2O5/c1-17-15-21-22(16-18(17)2)34-26-23(25(21)30)24(19-5-7-20(32-3)8-6-19)29(27(26)31)10-4-9-28-11-13-33-14-12-28/h5-8,15-16,24H,4,9-14H2,1-3H3. The van der Waals surface area contributed by atoms with Gasteiger partial charge in [0.05, 0.1) is 37.3 Å². The van der Waals surface area contributed by atoms with E-state index in [2.05, 4.69) is 4.90 Å². The van der Waals surface area contributed by atoms with Gasteiger partial charge in [0.1, 0.15) is 11.3 Å². The summed E-state index contributed by atoms with van der Waals surface area (Å²) in [7, 11) is 1.62. The minimum absolute atomic E-state index is 0.135. The van der Waals surface area contributed by atoms with Crippen LogP contribution in [0, 0.1) is 13.8 Å². The topological polar surface area (TPSA) is 72.2 Å². The molecule has 3 aromatic rings. The van der Waals surface area contributed by atoms with E-state index in [4.69, 9.17) is 13.9 Å². The second-order valence-corrected chi connectivity index (χ2v) is 9.09. The number of methoxy groups -OCH3 is 1. The molecule has 178 valence electrons. The zero-order valence-electron chi connectivity index (χ0n) is 19.9. The number of carbonyl (C=O) groups is 1. The predicted molar refractivity (Wildman–Crippen MR) is 130 cm³/mol. The monoisotopic (exact) mass is 462 g/mol. The smallest absolute Gasteiger partial charge is 0.290 e. The Balaban J connectivity index is 1.55. The molecule has 0 radical (unpaired) electrons. The molecule has 2 aliphatic rings. The van der Waals surface area contributed by atoms with Crippen molar-refractivity contribution in [3.8, 4) is 5.75 Å². The van der Waals surface area contributed by atoms with Gasteiger partial charge in [0.25, 0.3) is 5.91 Å². The van der Waals surface area contributed by atoms with Crippen LogP contribution in [0.1, 0.15) is 45.3 Å². The summed E-state index contributed by atoms with van der Waals surface area (Å²) in [6.45, 7) is 8.65. The Hall–Kier alpha value is -3.16. The average Bonchev–Trinajstić information content (AvgIpc) is 3.13. The van der Waals surface area contributed by atoms with Gasteiger partial charge >= 0.3 is 0 Å². The highest BCUT2D eigenvalue weighted by Gasteiger charge is 2.42. The van der Waals surface area contributed by atoms with Crippen LogP contribution in [0.4, 0.5) is 0 Å². The van der Waals surface area contributed by atoms with E-state index in [1.54, 1.807) is 12.0 Å². The van der Waals surface area contributed by atoms with E-state index >= 15 is 0 Å². The van der Waals surface area contributed by atoms with Crippen LogP contribution >= 0.6 is 0 Å². The predicted octanol–water partition coefficient (Wildman–Crippen LogP) is 3.69. The van der Waals surface area contributed by atoms with Crippen molar-refractivity contribution >= 4 is 16.9 Å². The summed E-state index contributed by atoms with van der Waals surface area (Å²) in [6, 6.07) is 10.8. The Morgan fingerprint density at radius 3 is 2.41 bits per heavy atom. The molecule has 1 saturated heterocycles. The SMILES string of the molecule is COc1ccc(C2c3c(oc4cc(C)c(C)cc4c3=O)C(=O)N2CCCN2CCOCC2)cc1. The van der Waals surface area contributed by atoms with Crippen molar-refractivity contribution in [2.45, 2.75) is 26.3 Å². The normalized spacial score (nSPS) is 18.5. The molecule has 34 heavy (non-hydrogen) atoms. The third-order valence-electron chi connectivity index (χ3n) is 6.99. The number of nitrogens with zero attached hydrogens (tertiary/aromatic N) is 2. The highest BCUT2D eigenvalue weighted by molar-refractivity contribution is 5.99. The lowest BCUT2D eigenvalue weighted by atomic mass is 9.97. The molecule has 0 N–H and O–H groups in total. The highest BCUT2D eigenvalue weighted by Crippen LogP contribution is 2.39. The van der Waals surface area contributed by atoms with Gasteiger partial charge in [-0.15, -0.1) is 0 Å². The number of carbonyl (C=O) groups excluding carboxylic acids is 1. The number of rotatable bonds is 6. The van der Waals surface area contributed by atoms with Crippen molar-refractivity contribution in [1.82, 2.24) is 9.80 Å². The summed E-state index contributed by atoms with van der Waals surface area (Å²) in [5.41, 5.74) is 3.67. The quantitative estimate of drug-likeness (QED) is 0.557. The first-order valence-electron chi connectivity index (χ1n) is 11.8. The van der Waals surface area contributed by atoms with E-state index in [1.807, 2.05) is 50.2 Å². The summed E-state index contributed by atoms with van der Waals surface area (Å²) < 4.78 is 16.9. The Labute approximate surface area is 198 Å². The first-order valence-corrected chi connectivity index (χ1v) is 11.8. The highest BCUT2D eigenvalue weighted by atomic mass is 16.5. The zero-order chi connectivity index (χ0) is 23.8. The van der Waals surface area contributed by atoms with E-state index in [9.17, 15) is 9.59 Å². The molecular weight excluding hydrogens is 432 g/mol. The Bertz CT molecular complexity index is 1270. The molecule has 2 aromatic carbocycles. The van der Waals surface area contributed by atoms with E-state index in [1.165, 1.54) is 0 Å². The number of hydrogen-bond acceptors (Lipinski definition) is 6. The number of ether oxygens (including phenoxy) is 2. The number of amides is 1. The Kier molecular flexibility index (Phi) is 6.15. The van der Waals surface area contributed by atoms with Crippen LogP contribution in [0.2, 0.25) is 0 Å². The number of morpholine rings is 1. The van der Waals surface area contributed by atoms with Crippen molar-refractivity contribution in [3.63, 3.8) is 0 Å². The molecular formula is C27H30N2O5. The minimum atomic E-state index is -0.486. The van der Waals surface area contributed by atoms with Gasteiger partial charge in [0.2, 0.25) is 5.76 Å². The lowest BCUT2D eigenvalue weighted by Gasteiger charge is -2.29. The molecule has 7 nitrogen and oxygen atoms in total. The van der Waals surface area contributed by atoms with Crippen LogP contribution in [0.5, 0.6) is 5.75 Å². The number of aryl methyl sites for hydroxylation is 2. The molecule has 1 amide bonds. The fraction of sp³-hybridized carbons (Fsp3) is 0.407. The van der Waals surface area contributed by atoms with Crippen LogP contribution < -0.4 is 10.2 Å². The summed E-state index contributed by atoms with van der Waals surface area (Å²) in [5.74, 6) is 0.659. The lowest BCUT2D eigenvalue weighted by Crippen LogP contribution is -2.38. The van der Waals surface area contributed by atoms with Crippen LogP contribution in [0.3, 0.4) is 0 Å². The third-order valence-corrected chi connectivity index (χ3v) is 6.99. The van der Waals surface area contributed by atoms with Crippen LogP contribution in [-0.4, -0.2) is 62.2 Å². The van der Waals surface area contributed by atoms with Gasteiger partial charge < -0.3 is 18.8 Å². The molecule has 0 aliphatic carbocycles. The molecule has 3 heterocycles. The molecule has 2 aliphatic heterocycles. The molecule has 1 atom stereocenters. The maximum atomic E-state index is 13.7. The number of benzene rings is 2. The average molecular weight is 463 g/mol. The van der Waals surface area contributed by atoms with Gasteiger partial charge in [-0.05, 0) is 61.2 Å². The second kappa shape index (κ2) is 9.24. The molecule has 7 heteroatoms. The fourth-order valence-corrected chi connectivity index (χ4v) is 4.93. The fourth-order valence-electron chi connectivity index (χ4n) is 4.93. The van der Waals surface area contributed by atoms with E-state index in [0.29, 0.717) is 23.1 Å². The zero-order valence-corrected chi connectivity index (χ0v) is 19.9. The van der Waals surface area contributed by atoms with Gasteiger partial charge in [-0.2, -0.15) is 0 Å². The molecule has 1 unspecified atom stereocenters. The molecule has 0 saturated carbocycles. The summed E-state index contributed by atoms with van der Waals surface area (Å²) >= 11 is 0. The third kappa shape index (κ3) is 3.99. The molecule has 1 fully saturated rings. The molecule has 0 spiro atoms. The molecule has 1 aromatic heterocycles. The van der Waals surface area contributed by atoms with Crippen molar-refractivity contribution in [2.24, 2.45) is 0 Å². The van der Waals surface area contributed by atoms with Gasteiger partial charge in [-0.3, -0.25) is 14.5 Å². The maximum absolute atomic E-state index is 13.7. The summed E-state index contributed by atoms with van der Waals surface area (Å²) in [5, 5.41) is 0.517. The first-order chi connectivity index (χ1) is 16.5. The second-order valence-electron chi connectivity index (χ2n) is 9.09. The van der Waals surface area contributed by atoms with Crippen molar-refractivity contribution < 1.29 is 18.7 Å². The number of fused-ring (bicyclic) bond motifs is 2. The van der Waals surface area contributed by atoms with Crippen molar-refractivity contribution in [2.75, 3.05) is 46.5 Å². The van der Waals surface area contributed by atoms with Crippen molar-refractivity contribution in [3.05, 3.63) is 74.6 Å². The van der Waals surface area contributed by atoms with Gasteiger partial charge in [-0.1, -0.05) is 12.1 Å².